The molecule has 0 fully saturated rings. The quantitative estimate of drug-likeness (QED) is 0.575. The van der Waals surface area contributed by atoms with E-state index in [4.69, 9.17) is 27.9 Å². The Morgan fingerprint density at radius 1 is 1.04 bits per heavy atom. The molecule has 0 saturated heterocycles. The molecule has 6 heteroatoms. The maximum Gasteiger partial charge on any atom is 0.220 e. The molecule has 0 aliphatic heterocycles. The van der Waals surface area contributed by atoms with Crippen molar-refractivity contribution in [3.8, 4) is 11.6 Å². The summed E-state index contributed by atoms with van der Waals surface area (Å²) in [5.41, 5.74) is 1.85. The van der Waals surface area contributed by atoms with Crippen LogP contribution in [-0.2, 0) is 17.8 Å². The van der Waals surface area contributed by atoms with Crippen molar-refractivity contribution in [1.82, 2.24) is 10.3 Å². The van der Waals surface area contributed by atoms with Gasteiger partial charge in [0.2, 0.25) is 11.8 Å². The maximum atomic E-state index is 12.1. The molecule has 1 N–H and O–H groups in total. The standard InChI is InChI=1S/C21H18Cl2N2O2/c22-17-9-7-16(19(23)13-17)8-10-20(26)25-14-15-4-3-5-18(12-15)27-21-6-1-2-11-24-21/h1-7,9,11-13H,8,10,14H2,(H,25,26). The van der Waals surface area contributed by atoms with Gasteiger partial charge in [-0.05, 0) is 47.9 Å². The van der Waals surface area contributed by atoms with Crippen LogP contribution < -0.4 is 10.1 Å². The summed E-state index contributed by atoms with van der Waals surface area (Å²) in [4.78, 5) is 16.3. The predicted octanol–water partition coefficient (Wildman–Crippen LogP) is 5.43. The molecule has 1 aromatic heterocycles. The van der Waals surface area contributed by atoms with Crippen LogP contribution in [0.25, 0.3) is 0 Å². The van der Waals surface area contributed by atoms with Gasteiger partial charge in [0.25, 0.3) is 0 Å². The summed E-state index contributed by atoms with van der Waals surface area (Å²) in [6.45, 7) is 0.423. The van der Waals surface area contributed by atoms with Gasteiger partial charge >= 0.3 is 0 Å². The van der Waals surface area contributed by atoms with Gasteiger partial charge in [0, 0.05) is 35.3 Å². The number of aromatic nitrogens is 1. The molecule has 0 unspecified atom stereocenters. The Kier molecular flexibility index (Phi) is 6.69. The number of ether oxygens (including phenoxy) is 1. The van der Waals surface area contributed by atoms with Crippen LogP contribution in [0.1, 0.15) is 17.5 Å². The van der Waals surface area contributed by atoms with E-state index < -0.39 is 0 Å². The van der Waals surface area contributed by atoms with Crippen LogP contribution in [0.5, 0.6) is 11.6 Å². The van der Waals surface area contributed by atoms with Crippen molar-refractivity contribution < 1.29 is 9.53 Å². The minimum Gasteiger partial charge on any atom is -0.439 e. The lowest BCUT2D eigenvalue weighted by Crippen LogP contribution is -2.23. The third-order valence-electron chi connectivity index (χ3n) is 3.88. The van der Waals surface area contributed by atoms with Crippen LogP contribution >= 0.6 is 23.2 Å². The normalized spacial score (nSPS) is 10.4. The van der Waals surface area contributed by atoms with Crippen LogP contribution in [0, 0.1) is 0 Å². The molecule has 0 atom stereocenters. The zero-order valence-electron chi connectivity index (χ0n) is 14.5. The van der Waals surface area contributed by atoms with Crippen molar-refractivity contribution in [3.63, 3.8) is 0 Å². The van der Waals surface area contributed by atoms with E-state index in [1.807, 2.05) is 42.5 Å². The Hall–Kier alpha value is -2.56. The third kappa shape index (κ3) is 5.98. The Morgan fingerprint density at radius 2 is 1.93 bits per heavy atom. The molecule has 0 saturated carbocycles. The number of hydrogen-bond acceptors (Lipinski definition) is 3. The van der Waals surface area contributed by atoms with E-state index >= 15 is 0 Å². The van der Waals surface area contributed by atoms with Gasteiger partial charge in [-0.1, -0.05) is 47.5 Å². The number of benzene rings is 2. The first-order valence-electron chi connectivity index (χ1n) is 8.48. The zero-order chi connectivity index (χ0) is 19.1. The monoisotopic (exact) mass is 400 g/mol. The van der Waals surface area contributed by atoms with E-state index in [0.717, 1.165) is 11.1 Å². The van der Waals surface area contributed by atoms with Crippen molar-refractivity contribution in [1.29, 1.82) is 0 Å². The molecule has 3 rings (SSSR count). The summed E-state index contributed by atoms with van der Waals surface area (Å²) in [5, 5.41) is 4.07. The van der Waals surface area contributed by atoms with Crippen LogP contribution in [0.2, 0.25) is 10.0 Å². The zero-order valence-corrected chi connectivity index (χ0v) is 16.0. The van der Waals surface area contributed by atoms with Crippen molar-refractivity contribution in [2.75, 3.05) is 0 Å². The van der Waals surface area contributed by atoms with E-state index in [9.17, 15) is 4.79 Å². The molecule has 27 heavy (non-hydrogen) atoms. The SMILES string of the molecule is O=C(CCc1ccc(Cl)cc1Cl)NCc1cccc(Oc2ccccn2)c1. The van der Waals surface area contributed by atoms with Gasteiger partial charge in [0.05, 0.1) is 0 Å². The van der Waals surface area contributed by atoms with E-state index in [1.165, 1.54) is 0 Å². The number of carbonyl (C=O) groups is 1. The molecular formula is C21H18Cl2N2O2. The lowest BCUT2D eigenvalue weighted by molar-refractivity contribution is -0.121. The first kappa shape index (κ1) is 19.2. The molecule has 0 aliphatic rings. The van der Waals surface area contributed by atoms with Crippen molar-refractivity contribution >= 4 is 29.1 Å². The fourth-order valence-electron chi connectivity index (χ4n) is 2.51. The second-order valence-electron chi connectivity index (χ2n) is 5.93. The number of carbonyl (C=O) groups excluding carboxylic acids is 1. The number of hydrogen-bond donors (Lipinski definition) is 1. The molecule has 2 aromatic carbocycles. The highest BCUT2D eigenvalue weighted by molar-refractivity contribution is 6.35. The van der Waals surface area contributed by atoms with Crippen molar-refractivity contribution in [3.05, 3.63) is 88.0 Å². The van der Waals surface area contributed by atoms with Gasteiger partial charge in [-0.2, -0.15) is 0 Å². The molecule has 3 aromatic rings. The van der Waals surface area contributed by atoms with Gasteiger partial charge in [-0.25, -0.2) is 4.98 Å². The number of aryl methyl sites for hydroxylation is 1. The fourth-order valence-corrected chi connectivity index (χ4v) is 3.01. The average molecular weight is 401 g/mol. The van der Waals surface area contributed by atoms with E-state index in [-0.39, 0.29) is 5.91 Å². The van der Waals surface area contributed by atoms with Crippen LogP contribution in [0.4, 0.5) is 0 Å². The molecule has 0 aliphatic carbocycles. The molecule has 0 spiro atoms. The Morgan fingerprint density at radius 3 is 2.70 bits per heavy atom. The number of rotatable bonds is 7. The van der Waals surface area contributed by atoms with Gasteiger partial charge in [0.1, 0.15) is 5.75 Å². The summed E-state index contributed by atoms with van der Waals surface area (Å²) in [6, 6.07) is 18.3. The molecular weight excluding hydrogens is 383 g/mol. The second kappa shape index (κ2) is 9.40. The van der Waals surface area contributed by atoms with E-state index in [2.05, 4.69) is 10.3 Å². The van der Waals surface area contributed by atoms with Gasteiger partial charge in [-0.15, -0.1) is 0 Å². The molecule has 0 bridgehead atoms. The van der Waals surface area contributed by atoms with Crippen LogP contribution in [-0.4, -0.2) is 10.9 Å². The predicted molar refractivity (Wildman–Crippen MR) is 107 cm³/mol. The minimum atomic E-state index is -0.0444. The highest BCUT2D eigenvalue weighted by Gasteiger charge is 2.07. The number of nitrogens with one attached hydrogen (secondary N) is 1. The van der Waals surface area contributed by atoms with Gasteiger partial charge in [0.15, 0.2) is 0 Å². The minimum absolute atomic E-state index is 0.0444. The summed E-state index contributed by atoms with van der Waals surface area (Å²) >= 11 is 12.0. The number of amides is 1. The first-order chi connectivity index (χ1) is 13.1. The number of pyridine rings is 1. The van der Waals surface area contributed by atoms with E-state index in [1.54, 1.807) is 24.4 Å². The molecule has 1 amide bonds. The highest BCUT2D eigenvalue weighted by atomic mass is 35.5. The first-order valence-corrected chi connectivity index (χ1v) is 9.24. The average Bonchev–Trinajstić information content (AvgIpc) is 2.67. The number of nitrogens with zero attached hydrogens (tertiary/aromatic N) is 1. The largest absolute Gasteiger partial charge is 0.439 e. The van der Waals surface area contributed by atoms with Gasteiger partial charge in [-0.3, -0.25) is 4.79 Å². The summed E-state index contributed by atoms with van der Waals surface area (Å²) < 4.78 is 5.70. The van der Waals surface area contributed by atoms with Gasteiger partial charge < -0.3 is 10.1 Å². The van der Waals surface area contributed by atoms with Crippen molar-refractivity contribution in [2.24, 2.45) is 0 Å². The lowest BCUT2D eigenvalue weighted by atomic mass is 10.1. The Bertz CT molecular complexity index is 917. The lowest BCUT2D eigenvalue weighted by Gasteiger charge is -2.09. The second-order valence-corrected chi connectivity index (χ2v) is 6.77. The summed E-state index contributed by atoms with van der Waals surface area (Å²) in [7, 11) is 0. The maximum absolute atomic E-state index is 12.1. The smallest absolute Gasteiger partial charge is 0.220 e. The fraction of sp³-hybridized carbons (Fsp3) is 0.143. The third-order valence-corrected chi connectivity index (χ3v) is 4.47. The molecule has 138 valence electrons. The van der Waals surface area contributed by atoms with Crippen LogP contribution in [0.3, 0.4) is 0 Å². The number of halogens is 2. The molecule has 0 radical (unpaired) electrons. The summed E-state index contributed by atoms with van der Waals surface area (Å²) in [6.07, 6.45) is 2.59. The van der Waals surface area contributed by atoms with E-state index in [0.29, 0.717) is 41.1 Å². The Balaban J connectivity index is 1.50. The molecule has 1 heterocycles. The topological polar surface area (TPSA) is 51.2 Å². The molecule has 4 nitrogen and oxygen atoms in total. The van der Waals surface area contributed by atoms with Crippen molar-refractivity contribution in [2.45, 2.75) is 19.4 Å². The van der Waals surface area contributed by atoms with Crippen LogP contribution in [0.15, 0.2) is 66.9 Å². The summed E-state index contributed by atoms with van der Waals surface area (Å²) in [5.74, 6) is 1.16. The Labute approximate surface area is 168 Å². The highest BCUT2D eigenvalue weighted by Crippen LogP contribution is 2.22.